The van der Waals surface area contributed by atoms with Crippen molar-refractivity contribution < 1.29 is 8.78 Å². The minimum atomic E-state index is -2.49. The molecule has 0 spiro atoms. The van der Waals surface area contributed by atoms with Crippen molar-refractivity contribution in [3.05, 3.63) is 35.4 Å². The molecule has 1 aromatic rings. The van der Waals surface area contributed by atoms with Crippen LogP contribution >= 0.6 is 0 Å². The van der Waals surface area contributed by atoms with Crippen LogP contribution < -0.4 is 5.32 Å². The molecule has 0 aromatic heterocycles. The summed E-state index contributed by atoms with van der Waals surface area (Å²) in [5, 5.41) is 12.4. The largest absolute Gasteiger partial charge is 0.295 e. The highest BCUT2D eigenvalue weighted by Crippen LogP contribution is 2.25. The number of hydrogen-bond donors (Lipinski definition) is 1. The summed E-state index contributed by atoms with van der Waals surface area (Å²) in [4.78, 5) is 0. The van der Waals surface area contributed by atoms with E-state index in [0.29, 0.717) is 11.6 Å². The third kappa shape index (κ3) is 3.05. The van der Waals surface area contributed by atoms with Crippen molar-refractivity contribution in [2.75, 3.05) is 0 Å². The van der Waals surface area contributed by atoms with Gasteiger partial charge in [-0.25, -0.2) is 8.78 Å². The number of nitrogens with one attached hydrogen (secondary N) is 1. The molecule has 0 heterocycles. The Bertz CT molecular complexity index is 434. The fourth-order valence-electron chi connectivity index (χ4n) is 2.41. The van der Waals surface area contributed by atoms with E-state index in [0.717, 1.165) is 12.8 Å². The summed E-state index contributed by atoms with van der Waals surface area (Å²) < 4.78 is 25.2. The first-order valence-electron chi connectivity index (χ1n) is 6.24. The Hall–Kier alpha value is -1.47. The second kappa shape index (κ2) is 5.92. The molecule has 2 nitrogen and oxygen atoms in total. The predicted molar refractivity (Wildman–Crippen MR) is 65.1 cm³/mol. The molecule has 0 saturated heterocycles. The van der Waals surface area contributed by atoms with Crippen LogP contribution in [0.2, 0.25) is 0 Å². The smallest absolute Gasteiger partial charge is 0.263 e. The standard InChI is InChI=1S/C14H16F2N2/c15-14(16)11-5-3-4-10(8-11)13(9-17)18-12-6-1-2-7-12/h3-5,8,12-14,18H,1-2,6-7H2. The highest BCUT2D eigenvalue weighted by Gasteiger charge is 2.20. The van der Waals surface area contributed by atoms with Crippen LogP contribution in [-0.2, 0) is 0 Å². The normalized spacial score (nSPS) is 17.9. The molecular weight excluding hydrogens is 234 g/mol. The Morgan fingerprint density at radius 2 is 1.89 bits per heavy atom. The lowest BCUT2D eigenvalue weighted by Gasteiger charge is -2.18. The summed E-state index contributed by atoms with van der Waals surface area (Å²) >= 11 is 0. The van der Waals surface area contributed by atoms with E-state index in [1.165, 1.54) is 25.0 Å². The van der Waals surface area contributed by atoms with Gasteiger partial charge in [0.25, 0.3) is 6.43 Å². The molecule has 1 atom stereocenters. The summed E-state index contributed by atoms with van der Waals surface area (Å²) in [7, 11) is 0. The van der Waals surface area contributed by atoms with Gasteiger partial charge < -0.3 is 0 Å². The third-order valence-corrected chi connectivity index (χ3v) is 3.38. The molecule has 96 valence electrons. The molecule has 0 bridgehead atoms. The van der Waals surface area contributed by atoms with Crippen LogP contribution in [0.3, 0.4) is 0 Å². The minimum absolute atomic E-state index is 0.0269. The van der Waals surface area contributed by atoms with Gasteiger partial charge in [0.1, 0.15) is 6.04 Å². The maximum Gasteiger partial charge on any atom is 0.263 e. The lowest BCUT2D eigenvalue weighted by Crippen LogP contribution is -2.29. The average molecular weight is 250 g/mol. The predicted octanol–water partition coefficient (Wildman–Crippen LogP) is 3.72. The van der Waals surface area contributed by atoms with Gasteiger partial charge in [0.05, 0.1) is 6.07 Å². The van der Waals surface area contributed by atoms with E-state index in [4.69, 9.17) is 5.26 Å². The van der Waals surface area contributed by atoms with Crippen molar-refractivity contribution in [2.45, 2.75) is 44.2 Å². The zero-order valence-electron chi connectivity index (χ0n) is 10.1. The lowest BCUT2D eigenvalue weighted by molar-refractivity contribution is 0.151. The van der Waals surface area contributed by atoms with Gasteiger partial charge in [-0.1, -0.05) is 31.0 Å². The van der Waals surface area contributed by atoms with Crippen molar-refractivity contribution in [2.24, 2.45) is 0 Å². The number of benzene rings is 1. The zero-order chi connectivity index (χ0) is 13.0. The number of alkyl halides is 2. The molecule has 1 aromatic carbocycles. The number of nitriles is 1. The number of halogens is 2. The van der Waals surface area contributed by atoms with E-state index < -0.39 is 12.5 Å². The van der Waals surface area contributed by atoms with Crippen LogP contribution in [0.1, 0.15) is 49.3 Å². The summed E-state index contributed by atoms with van der Waals surface area (Å²) in [5.74, 6) is 0. The molecule has 18 heavy (non-hydrogen) atoms. The Morgan fingerprint density at radius 1 is 1.22 bits per heavy atom. The molecule has 1 aliphatic carbocycles. The highest BCUT2D eigenvalue weighted by atomic mass is 19.3. The van der Waals surface area contributed by atoms with Crippen molar-refractivity contribution in [3.8, 4) is 6.07 Å². The quantitative estimate of drug-likeness (QED) is 0.884. The lowest BCUT2D eigenvalue weighted by atomic mass is 10.0. The van der Waals surface area contributed by atoms with E-state index >= 15 is 0 Å². The van der Waals surface area contributed by atoms with Gasteiger partial charge in [-0.05, 0) is 24.5 Å². The van der Waals surface area contributed by atoms with Crippen LogP contribution in [-0.4, -0.2) is 6.04 Å². The van der Waals surface area contributed by atoms with Crippen molar-refractivity contribution >= 4 is 0 Å². The third-order valence-electron chi connectivity index (χ3n) is 3.38. The topological polar surface area (TPSA) is 35.8 Å². The van der Waals surface area contributed by atoms with Crippen LogP contribution in [0.4, 0.5) is 8.78 Å². The van der Waals surface area contributed by atoms with E-state index in [2.05, 4.69) is 11.4 Å². The molecule has 0 amide bonds. The molecule has 1 fully saturated rings. The van der Waals surface area contributed by atoms with E-state index in [9.17, 15) is 8.78 Å². The van der Waals surface area contributed by atoms with Gasteiger partial charge in [-0.3, -0.25) is 5.32 Å². The summed E-state index contributed by atoms with van der Waals surface area (Å²) in [5.41, 5.74) is 0.600. The van der Waals surface area contributed by atoms with E-state index in [1.807, 2.05) is 0 Å². The number of hydrogen-bond acceptors (Lipinski definition) is 2. The van der Waals surface area contributed by atoms with Gasteiger partial charge in [-0.15, -0.1) is 0 Å². The molecule has 4 heteroatoms. The zero-order valence-corrected chi connectivity index (χ0v) is 10.1. The Labute approximate surface area is 106 Å². The van der Waals surface area contributed by atoms with Crippen molar-refractivity contribution in [3.63, 3.8) is 0 Å². The first-order chi connectivity index (χ1) is 8.70. The second-order valence-corrected chi connectivity index (χ2v) is 4.68. The molecule has 1 unspecified atom stereocenters. The monoisotopic (exact) mass is 250 g/mol. The maximum absolute atomic E-state index is 12.6. The first kappa shape index (κ1) is 13.0. The minimum Gasteiger partial charge on any atom is -0.295 e. The van der Waals surface area contributed by atoms with Crippen LogP contribution in [0.25, 0.3) is 0 Å². The van der Waals surface area contributed by atoms with Gasteiger partial charge >= 0.3 is 0 Å². The van der Waals surface area contributed by atoms with E-state index in [-0.39, 0.29) is 5.56 Å². The van der Waals surface area contributed by atoms with Gasteiger partial charge in [0, 0.05) is 11.6 Å². The SMILES string of the molecule is N#CC(NC1CCCC1)c1cccc(C(F)F)c1. The summed E-state index contributed by atoms with van der Waals surface area (Å²) in [6.45, 7) is 0. The Balaban J connectivity index is 2.11. The molecule has 1 saturated carbocycles. The van der Waals surface area contributed by atoms with Crippen molar-refractivity contribution in [1.82, 2.24) is 5.32 Å². The maximum atomic E-state index is 12.6. The fourth-order valence-corrected chi connectivity index (χ4v) is 2.41. The summed E-state index contributed by atoms with van der Waals surface area (Å²) in [6, 6.07) is 8.11. The molecular formula is C14H16F2N2. The second-order valence-electron chi connectivity index (χ2n) is 4.68. The number of rotatable bonds is 4. The molecule has 0 radical (unpaired) electrons. The van der Waals surface area contributed by atoms with Crippen molar-refractivity contribution in [1.29, 1.82) is 5.26 Å². The average Bonchev–Trinajstić information content (AvgIpc) is 2.89. The van der Waals surface area contributed by atoms with Crippen LogP contribution in [0.5, 0.6) is 0 Å². The Kier molecular flexibility index (Phi) is 4.27. The molecule has 1 aliphatic rings. The summed E-state index contributed by atoms with van der Waals surface area (Å²) in [6.07, 6.45) is 1.98. The highest BCUT2D eigenvalue weighted by molar-refractivity contribution is 5.30. The Morgan fingerprint density at radius 3 is 2.50 bits per heavy atom. The first-order valence-corrected chi connectivity index (χ1v) is 6.24. The van der Waals surface area contributed by atoms with Gasteiger partial charge in [0.2, 0.25) is 0 Å². The van der Waals surface area contributed by atoms with Gasteiger partial charge in [0.15, 0.2) is 0 Å². The van der Waals surface area contributed by atoms with Crippen LogP contribution in [0.15, 0.2) is 24.3 Å². The molecule has 2 rings (SSSR count). The molecule has 1 N–H and O–H groups in total. The van der Waals surface area contributed by atoms with Crippen LogP contribution in [0, 0.1) is 11.3 Å². The van der Waals surface area contributed by atoms with E-state index in [1.54, 1.807) is 12.1 Å². The molecule has 0 aliphatic heterocycles. The number of nitrogens with zero attached hydrogens (tertiary/aromatic N) is 1. The fraction of sp³-hybridized carbons (Fsp3) is 0.500. The van der Waals surface area contributed by atoms with Gasteiger partial charge in [-0.2, -0.15) is 5.26 Å².